The van der Waals surface area contributed by atoms with Crippen LogP contribution in [0.1, 0.15) is 71.1 Å². The van der Waals surface area contributed by atoms with E-state index in [9.17, 15) is 0 Å². The summed E-state index contributed by atoms with van der Waals surface area (Å²) in [6.07, 6.45) is 14.4. The van der Waals surface area contributed by atoms with Crippen LogP contribution in [0.25, 0.3) is 0 Å². The molecule has 3 fully saturated rings. The molecule has 0 aromatic heterocycles. The van der Waals surface area contributed by atoms with E-state index in [4.69, 9.17) is 0 Å². The normalized spacial score (nSPS) is 31.8. The van der Waals surface area contributed by atoms with Gasteiger partial charge in [0.25, 0.3) is 0 Å². The summed E-state index contributed by atoms with van der Waals surface area (Å²) >= 11 is 0. The minimum absolute atomic E-state index is 0.483. The highest BCUT2D eigenvalue weighted by molar-refractivity contribution is 5.06. The van der Waals surface area contributed by atoms with Gasteiger partial charge < -0.3 is 5.32 Å². The lowest BCUT2D eigenvalue weighted by atomic mass is 9.73. The molecule has 0 aromatic carbocycles. The highest BCUT2D eigenvalue weighted by atomic mass is 15.3. The van der Waals surface area contributed by atoms with Crippen molar-refractivity contribution in [1.29, 1.82) is 0 Å². The molecule has 0 bridgehead atoms. The summed E-state index contributed by atoms with van der Waals surface area (Å²) < 4.78 is 0. The van der Waals surface area contributed by atoms with Gasteiger partial charge in [-0.2, -0.15) is 0 Å². The molecule has 2 saturated carbocycles. The Balaban J connectivity index is 1.73. The van der Waals surface area contributed by atoms with E-state index in [0.717, 1.165) is 0 Å². The lowest BCUT2D eigenvalue weighted by molar-refractivity contribution is -0.0262. The molecule has 0 aromatic rings. The fraction of sp³-hybridized carbons (Fsp3) is 1.00. The van der Waals surface area contributed by atoms with E-state index >= 15 is 0 Å². The molecule has 104 valence electrons. The summed E-state index contributed by atoms with van der Waals surface area (Å²) in [6, 6.07) is 0. The number of piperazine rings is 1. The molecule has 1 aliphatic heterocycles. The third kappa shape index (κ3) is 2.22. The van der Waals surface area contributed by atoms with Crippen molar-refractivity contribution in [3.8, 4) is 0 Å². The Labute approximate surface area is 113 Å². The van der Waals surface area contributed by atoms with Crippen molar-refractivity contribution < 1.29 is 0 Å². The molecule has 2 heteroatoms. The molecular weight excluding hydrogens is 220 g/mol. The first-order chi connectivity index (χ1) is 8.79. The van der Waals surface area contributed by atoms with Crippen molar-refractivity contribution in [1.82, 2.24) is 10.2 Å². The summed E-state index contributed by atoms with van der Waals surface area (Å²) in [5.74, 6) is 0. The Kier molecular flexibility index (Phi) is 3.68. The third-order valence-corrected chi connectivity index (χ3v) is 5.93. The molecule has 2 spiro atoms. The van der Waals surface area contributed by atoms with Gasteiger partial charge in [-0.25, -0.2) is 0 Å². The van der Waals surface area contributed by atoms with Crippen LogP contribution >= 0.6 is 0 Å². The van der Waals surface area contributed by atoms with Crippen molar-refractivity contribution in [3.05, 3.63) is 0 Å². The molecule has 3 rings (SSSR count). The van der Waals surface area contributed by atoms with Crippen LogP contribution in [0.2, 0.25) is 0 Å². The molecule has 0 atom stereocenters. The van der Waals surface area contributed by atoms with E-state index in [1.54, 1.807) is 0 Å². The topological polar surface area (TPSA) is 15.3 Å². The Bertz CT molecular complexity index is 275. The second-order valence-electron chi connectivity index (χ2n) is 6.99. The number of hydrogen-bond donors (Lipinski definition) is 1. The summed E-state index contributed by atoms with van der Waals surface area (Å²) in [6.45, 7) is 6.21. The highest BCUT2D eigenvalue weighted by Gasteiger charge is 2.47. The van der Waals surface area contributed by atoms with E-state index in [1.165, 1.54) is 83.8 Å². The van der Waals surface area contributed by atoms with Gasteiger partial charge in [0.2, 0.25) is 0 Å². The zero-order chi connectivity index (χ0) is 12.5. The maximum absolute atomic E-state index is 4.02. The SMILES string of the molecule is CCN1CC2(CCCCC2)NCC12CCCCC2. The number of rotatable bonds is 1. The molecule has 1 saturated heterocycles. The molecule has 2 aliphatic carbocycles. The largest absolute Gasteiger partial charge is 0.308 e. The molecule has 2 nitrogen and oxygen atoms in total. The van der Waals surface area contributed by atoms with Gasteiger partial charge >= 0.3 is 0 Å². The summed E-state index contributed by atoms with van der Waals surface area (Å²) in [4.78, 5) is 2.86. The van der Waals surface area contributed by atoms with Gasteiger partial charge in [0.1, 0.15) is 0 Å². The van der Waals surface area contributed by atoms with Gasteiger partial charge in [-0.05, 0) is 32.2 Å². The van der Waals surface area contributed by atoms with Crippen LogP contribution in [-0.2, 0) is 0 Å². The number of hydrogen-bond acceptors (Lipinski definition) is 2. The third-order valence-electron chi connectivity index (χ3n) is 5.93. The molecular formula is C16H30N2. The zero-order valence-corrected chi connectivity index (χ0v) is 12.1. The van der Waals surface area contributed by atoms with Gasteiger partial charge in [-0.1, -0.05) is 45.4 Å². The Morgan fingerprint density at radius 1 is 0.889 bits per heavy atom. The Morgan fingerprint density at radius 2 is 1.50 bits per heavy atom. The summed E-state index contributed by atoms with van der Waals surface area (Å²) in [7, 11) is 0. The quantitative estimate of drug-likeness (QED) is 0.768. The fourth-order valence-corrected chi connectivity index (χ4v) is 4.77. The number of likely N-dealkylation sites (N-methyl/N-ethyl adjacent to an activating group) is 1. The van der Waals surface area contributed by atoms with Crippen LogP contribution in [0.5, 0.6) is 0 Å². The van der Waals surface area contributed by atoms with Crippen LogP contribution in [0.15, 0.2) is 0 Å². The van der Waals surface area contributed by atoms with Gasteiger partial charge in [0, 0.05) is 24.2 Å². The molecule has 1 N–H and O–H groups in total. The first-order valence-corrected chi connectivity index (χ1v) is 8.29. The van der Waals surface area contributed by atoms with Gasteiger partial charge in [0.05, 0.1) is 0 Å². The van der Waals surface area contributed by atoms with Gasteiger partial charge in [-0.3, -0.25) is 4.90 Å². The Morgan fingerprint density at radius 3 is 2.11 bits per heavy atom. The predicted molar refractivity (Wildman–Crippen MR) is 76.9 cm³/mol. The van der Waals surface area contributed by atoms with E-state index in [-0.39, 0.29) is 0 Å². The molecule has 0 radical (unpaired) electrons. The number of nitrogens with zero attached hydrogens (tertiary/aromatic N) is 1. The average Bonchev–Trinajstić information content (AvgIpc) is 2.44. The van der Waals surface area contributed by atoms with Crippen molar-refractivity contribution >= 4 is 0 Å². The first-order valence-electron chi connectivity index (χ1n) is 8.29. The lowest BCUT2D eigenvalue weighted by Gasteiger charge is -2.57. The van der Waals surface area contributed by atoms with Crippen LogP contribution in [0.3, 0.4) is 0 Å². The van der Waals surface area contributed by atoms with Crippen molar-refractivity contribution in [3.63, 3.8) is 0 Å². The van der Waals surface area contributed by atoms with E-state index in [2.05, 4.69) is 17.1 Å². The van der Waals surface area contributed by atoms with Crippen LogP contribution in [-0.4, -0.2) is 35.6 Å². The van der Waals surface area contributed by atoms with Crippen molar-refractivity contribution in [2.75, 3.05) is 19.6 Å². The molecule has 1 heterocycles. The monoisotopic (exact) mass is 250 g/mol. The summed E-state index contributed by atoms with van der Waals surface area (Å²) in [5.41, 5.74) is 1.01. The van der Waals surface area contributed by atoms with E-state index in [1.807, 2.05) is 0 Å². The minimum atomic E-state index is 0.483. The van der Waals surface area contributed by atoms with Crippen molar-refractivity contribution in [2.24, 2.45) is 0 Å². The van der Waals surface area contributed by atoms with Gasteiger partial charge in [0.15, 0.2) is 0 Å². The van der Waals surface area contributed by atoms with E-state index < -0.39 is 0 Å². The van der Waals surface area contributed by atoms with Crippen molar-refractivity contribution in [2.45, 2.75) is 82.2 Å². The van der Waals surface area contributed by atoms with Crippen LogP contribution < -0.4 is 5.32 Å². The maximum atomic E-state index is 4.02. The predicted octanol–water partition coefficient (Wildman–Crippen LogP) is 3.32. The average molecular weight is 250 g/mol. The first kappa shape index (κ1) is 12.9. The molecule has 0 amide bonds. The number of nitrogens with one attached hydrogen (secondary N) is 1. The zero-order valence-electron chi connectivity index (χ0n) is 12.1. The molecule has 3 aliphatic rings. The highest BCUT2D eigenvalue weighted by Crippen LogP contribution is 2.40. The smallest absolute Gasteiger partial charge is 0.0334 e. The van der Waals surface area contributed by atoms with Gasteiger partial charge in [-0.15, -0.1) is 0 Å². The van der Waals surface area contributed by atoms with E-state index in [0.29, 0.717) is 11.1 Å². The molecule has 0 unspecified atom stereocenters. The van der Waals surface area contributed by atoms with Crippen LogP contribution in [0.4, 0.5) is 0 Å². The lowest BCUT2D eigenvalue weighted by Crippen LogP contribution is -2.70. The Hall–Kier alpha value is -0.0800. The standard InChI is InChI=1S/C16H30N2/c1-2-18-14-15(9-5-3-6-10-15)17-13-16(18)11-7-4-8-12-16/h17H,2-14H2,1H3. The second-order valence-corrected chi connectivity index (χ2v) is 6.99. The minimum Gasteiger partial charge on any atom is -0.308 e. The molecule has 18 heavy (non-hydrogen) atoms. The fourth-order valence-electron chi connectivity index (χ4n) is 4.77. The maximum Gasteiger partial charge on any atom is 0.0334 e. The van der Waals surface area contributed by atoms with Crippen LogP contribution in [0, 0.1) is 0 Å². The second kappa shape index (κ2) is 5.13. The summed E-state index contributed by atoms with van der Waals surface area (Å²) in [5, 5.41) is 4.02.